The molecule has 41 heavy (non-hydrogen) atoms. The molecule has 3 aromatic carbocycles. The molecule has 6 nitrogen and oxygen atoms in total. The van der Waals surface area contributed by atoms with E-state index >= 15 is 0 Å². The second-order valence-corrected chi connectivity index (χ2v) is 11.3. The molecule has 0 unspecified atom stereocenters. The van der Waals surface area contributed by atoms with Crippen molar-refractivity contribution in [2.75, 3.05) is 14.2 Å². The fourth-order valence-electron chi connectivity index (χ4n) is 5.36. The Morgan fingerprint density at radius 1 is 0.902 bits per heavy atom. The Balaban J connectivity index is 1.63. The van der Waals surface area contributed by atoms with Crippen LogP contribution in [0.25, 0.3) is 0 Å². The summed E-state index contributed by atoms with van der Waals surface area (Å²) >= 11 is 12.7. The van der Waals surface area contributed by atoms with E-state index in [4.69, 9.17) is 32.7 Å². The van der Waals surface area contributed by atoms with Crippen LogP contribution in [0.1, 0.15) is 55.2 Å². The summed E-state index contributed by atoms with van der Waals surface area (Å²) in [5.74, 6) is 0.968. The Morgan fingerprint density at radius 2 is 1.63 bits per heavy atom. The highest BCUT2D eigenvalue weighted by atomic mass is 35.5. The molecule has 3 aromatic rings. The van der Waals surface area contributed by atoms with Gasteiger partial charge in [0.1, 0.15) is 6.04 Å². The van der Waals surface area contributed by atoms with Crippen LogP contribution in [0, 0.1) is 0 Å². The Hall–Kier alpha value is -3.22. The van der Waals surface area contributed by atoms with Gasteiger partial charge in [-0.2, -0.15) is 0 Å². The summed E-state index contributed by atoms with van der Waals surface area (Å²) in [5, 5.41) is 4.24. The molecule has 0 radical (unpaired) electrons. The maximum Gasteiger partial charge on any atom is 0.243 e. The van der Waals surface area contributed by atoms with Crippen molar-refractivity contribution < 1.29 is 19.1 Å². The summed E-state index contributed by atoms with van der Waals surface area (Å²) in [6.45, 7) is 0.191. The van der Waals surface area contributed by atoms with Crippen LogP contribution in [0.15, 0.2) is 66.7 Å². The van der Waals surface area contributed by atoms with Crippen LogP contribution in [0.4, 0.5) is 0 Å². The monoisotopic (exact) mass is 596 g/mol. The van der Waals surface area contributed by atoms with Gasteiger partial charge in [0.05, 0.1) is 14.2 Å². The second kappa shape index (κ2) is 15.1. The van der Waals surface area contributed by atoms with Crippen LogP contribution in [-0.2, 0) is 29.0 Å². The van der Waals surface area contributed by atoms with Gasteiger partial charge in [0.15, 0.2) is 11.5 Å². The molecule has 1 saturated carbocycles. The Labute approximate surface area is 252 Å². The lowest BCUT2D eigenvalue weighted by Gasteiger charge is -2.34. The quantitative estimate of drug-likeness (QED) is 0.244. The van der Waals surface area contributed by atoms with Gasteiger partial charge in [0, 0.05) is 35.5 Å². The number of carbonyl (C=O) groups excluding carboxylic acids is 2. The Morgan fingerprint density at radius 3 is 2.32 bits per heavy atom. The van der Waals surface area contributed by atoms with Crippen LogP contribution in [0.5, 0.6) is 11.5 Å². The van der Waals surface area contributed by atoms with E-state index in [0.717, 1.165) is 42.4 Å². The zero-order valence-corrected chi connectivity index (χ0v) is 25.2. The highest BCUT2D eigenvalue weighted by Gasteiger charge is 2.32. The minimum absolute atomic E-state index is 0.123. The van der Waals surface area contributed by atoms with Gasteiger partial charge in [-0.3, -0.25) is 9.59 Å². The van der Waals surface area contributed by atoms with Gasteiger partial charge in [-0.15, -0.1) is 0 Å². The van der Waals surface area contributed by atoms with Crippen molar-refractivity contribution >= 4 is 35.0 Å². The van der Waals surface area contributed by atoms with E-state index in [1.807, 2.05) is 54.6 Å². The fourth-order valence-corrected chi connectivity index (χ4v) is 5.83. The number of nitrogens with one attached hydrogen (secondary N) is 1. The third-order valence-corrected chi connectivity index (χ3v) is 8.24. The molecule has 2 amide bonds. The number of hydrogen-bond donors (Lipinski definition) is 1. The standard InChI is InChI=1S/C33H38Cl2N2O4/c1-40-30-17-13-24(20-31(30)41-2)14-18-32(38)37(22-25-15-16-26(34)21-28(25)35)29(19-23-9-5-3-6-10-23)33(39)36-27-11-7-4-8-12-27/h3,5-6,9-10,13,15-17,20-21,27,29H,4,7-8,11-12,14,18-19,22H2,1-2H3,(H,36,39)/t29-/m0/s1. The highest BCUT2D eigenvalue weighted by molar-refractivity contribution is 6.35. The van der Waals surface area contributed by atoms with E-state index in [0.29, 0.717) is 34.4 Å². The molecule has 1 fully saturated rings. The maximum absolute atomic E-state index is 14.0. The summed E-state index contributed by atoms with van der Waals surface area (Å²) in [6, 6.07) is 20.1. The zero-order valence-electron chi connectivity index (χ0n) is 23.7. The molecule has 0 aliphatic heterocycles. The van der Waals surface area contributed by atoms with Crippen LogP contribution < -0.4 is 14.8 Å². The summed E-state index contributed by atoms with van der Waals surface area (Å²) in [7, 11) is 3.18. The number of amides is 2. The molecule has 0 aromatic heterocycles. The molecule has 218 valence electrons. The third-order valence-electron chi connectivity index (χ3n) is 7.65. The number of ether oxygens (including phenoxy) is 2. The van der Waals surface area contributed by atoms with Gasteiger partial charge in [0.2, 0.25) is 11.8 Å². The van der Waals surface area contributed by atoms with Gasteiger partial charge in [-0.1, -0.05) is 84.9 Å². The zero-order chi connectivity index (χ0) is 29.2. The van der Waals surface area contributed by atoms with Crippen molar-refractivity contribution in [1.29, 1.82) is 0 Å². The summed E-state index contributed by atoms with van der Waals surface area (Å²) in [6.07, 6.45) is 6.39. The molecule has 1 N–H and O–H groups in total. The molecular formula is C33H38Cl2N2O4. The molecule has 0 saturated heterocycles. The van der Waals surface area contributed by atoms with Gasteiger partial charge in [0.25, 0.3) is 0 Å². The minimum atomic E-state index is -0.705. The van der Waals surface area contributed by atoms with E-state index in [-0.39, 0.29) is 30.8 Å². The number of hydrogen-bond acceptors (Lipinski definition) is 4. The van der Waals surface area contributed by atoms with Crippen molar-refractivity contribution in [2.24, 2.45) is 0 Å². The molecule has 1 atom stereocenters. The first-order chi connectivity index (χ1) is 19.9. The lowest BCUT2D eigenvalue weighted by molar-refractivity contribution is -0.141. The molecule has 0 bridgehead atoms. The first-order valence-corrected chi connectivity index (χ1v) is 14.9. The summed E-state index contributed by atoms with van der Waals surface area (Å²) in [5.41, 5.74) is 2.65. The van der Waals surface area contributed by atoms with E-state index < -0.39 is 6.04 Å². The molecular weight excluding hydrogens is 559 g/mol. The minimum Gasteiger partial charge on any atom is -0.493 e. The lowest BCUT2D eigenvalue weighted by atomic mass is 9.94. The van der Waals surface area contributed by atoms with Gasteiger partial charge < -0.3 is 19.7 Å². The predicted molar refractivity (Wildman–Crippen MR) is 164 cm³/mol. The normalized spacial score (nSPS) is 14.2. The van der Waals surface area contributed by atoms with Crippen molar-refractivity contribution in [3.8, 4) is 11.5 Å². The largest absolute Gasteiger partial charge is 0.493 e. The van der Waals surface area contributed by atoms with Gasteiger partial charge in [-0.25, -0.2) is 0 Å². The van der Waals surface area contributed by atoms with Crippen LogP contribution in [0.2, 0.25) is 10.0 Å². The third kappa shape index (κ3) is 8.64. The number of aryl methyl sites for hydroxylation is 1. The van der Waals surface area contributed by atoms with E-state index in [9.17, 15) is 9.59 Å². The number of methoxy groups -OCH3 is 2. The first kappa shape index (κ1) is 30.7. The van der Waals surface area contributed by atoms with Crippen molar-refractivity contribution in [3.63, 3.8) is 0 Å². The lowest BCUT2D eigenvalue weighted by Crippen LogP contribution is -2.53. The van der Waals surface area contributed by atoms with E-state index in [2.05, 4.69) is 5.32 Å². The topological polar surface area (TPSA) is 67.9 Å². The fraction of sp³-hybridized carbons (Fsp3) is 0.394. The molecule has 1 aliphatic rings. The average molecular weight is 598 g/mol. The molecule has 0 heterocycles. The molecule has 1 aliphatic carbocycles. The molecule has 8 heteroatoms. The smallest absolute Gasteiger partial charge is 0.243 e. The van der Waals surface area contributed by atoms with Gasteiger partial charge >= 0.3 is 0 Å². The predicted octanol–water partition coefficient (Wildman–Crippen LogP) is 7.03. The van der Waals surface area contributed by atoms with Crippen LogP contribution in [-0.4, -0.2) is 43.0 Å². The van der Waals surface area contributed by atoms with Crippen LogP contribution in [0.3, 0.4) is 0 Å². The Bertz CT molecular complexity index is 1310. The average Bonchev–Trinajstić information content (AvgIpc) is 2.99. The van der Waals surface area contributed by atoms with Gasteiger partial charge in [-0.05, 0) is 60.2 Å². The summed E-state index contributed by atoms with van der Waals surface area (Å²) in [4.78, 5) is 29.6. The Kier molecular flexibility index (Phi) is 11.3. The number of benzene rings is 3. The van der Waals surface area contributed by atoms with E-state index in [1.165, 1.54) is 6.42 Å². The SMILES string of the molecule is COc1ccc(CCC(=O)N(Cc2ccc(Cl)cc2Cl)[C@@H](Cc2ccccc2)C(=O)NC2CCCCC2)cc1OC. The van der Waals surface area contributed by atoms with E-state index in [1.54, 1.807) is 31.3 Å². The number of halogens is 2. The highest BCUT2D eigenvalue weighted by Crippen LogP contribution is 2.29. The number of carbonyl (C=O) groups is 2. The van der Waals surface area contributed by atoms with Crippen molar-refractivity contribution in [1.82, 2.24) is 10.2 Å². The maximum atomic E-state index is 14.0. The summed E-state index contributed by atoms with van der Waals surface area (Å²) < 4.78 is 10.8. The van der Waals surface area contributed by atoms with Crippen molar-refractivity contribution in [3.05, 3.63) is 93.5 Å². The second-order valence-electron chi connectivity index (χ2n) is 10.5. The van der Waals surface area contributed by atoms with Crippen molar-refractivity contribution in [2.45, 2.75) is 70.0 Å². The first-order valence-electron chi connectivity index (χ1n) is 14.2. The molecule has 4 rings (SSSR count). The number of nitrogens with zero attached hydrogens (tertiary/aromatic N) is 1. The number of rotatable bonds is 12. The van der Waals surface area contributed by atoms with Crippen LogP contribution >= 0.6 is 23.2 Å². The molecule has 0 spiro atoms.